The van der Waals surface area contributed by atoms with Crippen LogP contribution in [0.2, 0.25) is 0 Å². The van der Waals surface area contributed by atoms with Gasteiger partial charge in [-0.2, -0.15) is 0 Å². The highest BCUT2D eigenvalue weighted by Gasteiger charge is 2.28. The maximum atomic E-state index is 11.9. The van der Waals surface area contributed by atoms with E-state index in [9.17, 15) is 38.4 Å². The monoisotopic (exact) mass is 904 g/mol. The van der Waals surface area contributed by atoms with Crippen LogP contribution in [-0.2, 0) is 38.4 Å². The second-order valence-electron chi connectivity index (χ2n) is 14.7. The Morgan fingerprint density at radius 2 is 0.382 bits per heavy atom. The molecule has 0 N–H and O–H groups in total. The summed E-state index contributed by atoms with van der Waals surface area (Å²) in [6, 6.07) is 40.3. The summed E-state index contributed by atoms with van der Waals surface area (Å²) in [6.07, 6.45) is 9.76. The van der Waals surface area contributed by atoms with E-state index in [1.165, 1.54) is 48.6 Å². The Kier molecular flexibility index (Phi) is 11.9. The van der Waals surface area contributed by atoms with Crippen molar-refractivity contribution in [3.63, 3.8) is 0 Å². The first-order chi connectivity index (χ1) is 32.9. The Labute approximate surface area is 386 Å². The van der Waals surface area contributed by atoms with E-state index in [4.69, 9.17) is 18.9 Å². The largest absolute Gasteiger partial charge is 0.457 e. The number of carbonyl (C=O) groups is 8. The average molecular weight is 905 g/mol. The van der Waals surface area contributed by atoms with Crippen LogP contribution in [0.3, 0.4) is 0 Å². The molecule has 16 nitrogen and oxygen atoms in total. The number of amides is 8. The first kappa shape index (κ1) is 43.3. The highest BCUT2D eigenvalue weighted by molar-refractivity contribution is 6.30. The molecule has 68 heavy (non-hydrogen) atoms. The summed E-state index contributed by atoms with van der Waals surface area (Å²) in [6.45, 7) is 0. The van der Waals surface area contributed by atoms with Gasteiger partial charge in [-0.1, -0.05) is 36.4 Å². The van der Waals surface area contributed by atoms with Gasteiger partial charge in [-0.05, 0) is 72.8 Å². The number of nitrogens with zero attached hydrogens (tertiary/aromatic N) is 4. The number of imide groups is 4. The molecular weight excluding hydrogens is 873 g/mol. The zero-order valence-electron chi connectivity index (χ0n) is 35.2. The predicted octanol–water partition coefficient (Wildman–Crippen LogP) is 8.26. The van der Waals surface area contributed by atoms with Crippen molar-refractivity contribution in [3.05, 3.63) is 194 Å². The van der Waals surface area contributed by atoms with E-state index in [1.54, 1.807) is 146 Å². The molecular formula is C52H32N4O12. The molecule has 0 unspecified atom stereocenters. The van der Waals surface area contributed by atoms with E-state index < -0.39 is 47.3 Å². The van der Waals surface area contributed by atoms with E-state index >= 15 is 0 Å². The summed E-state index contributed by atoms with van der Waals surface area (Å²) < 4.78 is 23.6. The quantitative estimate of drug-likeness (QED) is 0.107. The molecule has 0 aromatic heterocycles. The Morgan fingerprint density at radius 3 is 0.574 bits per heavy atom. The van der Waals surface area contributed by atoms with Crippen molar-refractivity contribution >= 4 is 70.0 Å². The number of anilines is 4. The molecule has 6 aromatic carbocycles. The summed E-state index contributed by atoms with van der Waals surface area (Å²) in [7, 11) is 0. The van der Waals surface area contributed by atoms with Gasteiger partial charge in [0.15, 0.2) is 0 Å². The second kappa shape index (κ2) is 18.6. The average Bonchev–Trinajstić information content (AvgIpc) is 4.07. The normalized spacial score (nSPS) is 14.9. The Bertz CT molecular complexity index is 2750. The fraction of sp³-hybridized carbons (Fsp3) is 0. The minimum Gasteiger partial charge on any atom is -0.457 e. The molecule has 4 aliphatic heterocycles. The van der Waals surface area contributed by atoms with Crippen LogP contribution in [0.1, 0.15) is 0 Å². The molecule has 16 heteroatoms. The molecule has 0 spiro atoms. The molecule has 0 bridgehead atoms. The van der Waals surface area contributed by atoms with Gasteiger partial charge in [0, 0.05) is 85.0 Å². The van der Waals surface area contributed by atoms with Gasteiger partial charge < -0.3 is 18.9 Å². The molecule has 6 aromatic rings. The highest BCUT2D eigenvalue weighted by atomic mass is 16.5. The summed E-state index contributed by atoms with van der Waals surface area (Å²) >= 11 is 0. The first-order valence-corrected chi connectivity index (χ1v) is 20.5. The van der Waals surface area contributed by atoms with Crippen LogP contribution < -0.4 is 38.5 Å². The lowest BCUT2D eigenvalue weighted by atomic mass is 10.2. The minimum atomic E-state index is -0.409. The molecule has 0 fully saturated rings. The van der Waals surface area contributed by atoms with Gasteiger partial charge in [0.05, 0.1) is 22.7 Å². The molecule has 0 atom stereocenters. The second-order valence-corrected chi connectivity index (χ2v) is 14.7. The van der Waals surface area contributed by atoms with Gasteiger partial charge in [-0.25, -0.2) is 19.6 Å². The molecule has 4 aliphatic rings. The van der Waals surface area contributed by atoms with Gasteiger partial charge in [-0.3, -0.25) is 38.4 Å². The molecule has 10 rings (SSSR count). The fourth-order valence-corrected chi connectivity index (χ4v) is 7.11. The maximum absolute atomic E-state index is 11.9. The number of rotatable bonds is 12. The SMILES string of the molecule is O=C1C=CC(=O)N1c1cccc(Oc2cccc(Oc3cccc(N4C(=O)C=CC4=O)c3)c2)c1.O=C1C=CC(=O)N1c1cccc(Oc2cccc(Oc3cccc(N4C(=O)C=CC4=O)c3)c2)c1. The Hall–Kier alpha value is -9.96. The van der Waals surface area contributed by atoms with Crippen molar-refractivity contribution in [2.45, 2.75) is 0 Å². The minimum absolute atomic E-state index is 0.405. The van der Waals surface area contributed by atoms with Crippen LogP contribution in [0.5, 0.6) is 46.0 Å². The Balaban J connectivity index is 0.000000170. The van der Waals surface area contributed by atoms with Crippen molar-refractivity contribution in [2.75, 3.05) is 19.6 Å². The summed E-state index contributed by atoms with van der Waals surface area (Å²) in [4.78, 5) is 99.7. The molecule has 8 amide bonds. The molecule has 4 heterocycles. The van der Waals surface area contributed by atoms with Gasteiger partial charge in [0.2, 0.25) is 0 Å². The Morgan fingerprint density at radius 1 is 0.221 bits per heavy atom. The van der Waals surface area contributed by atoms with Crippen molar-refractivity contribution in [1.82, 2.24) is 0 Å². The standard InChI is InChI=1S/2C26H16N2O6/c2*29-23-10-11-24(30)27(23)17-4-1-6-19(14-17)33-21-8-3-9-22(16-21)34-20-7-2-5-18(15-20)28-25(31)12-13-26(28)32/h2*1-16H. The summed E-state index contributed by atoms with van der Waals surface area (Å²) in [5.41, 5.74) is 1.62. The van der Waals surface area contributed by atoms with E-state index in [1.807, 2.05) is 0 Å². The first-order valence-electron chi connectivity index (χ1n) is 20.5. The molecule has 0 saturated carbocycles. The van der Waals surface area contributed by atoms with Crippen LogP contribution in [0.25, 0.3) is 0 Å². The van der Waals surface area contributed by atoms with Crippen LogP contribution in [-0.4, -0.2) is 47.3 Å². The van der Waals surface area contributed by atoms with E-state index in [2.05, 4.69) is 0 Å². The lowest BCUT2D eigenvalue weighted by molar-refractivity contribution is -0.121. The number of hydrogen-bond acceptors (Lipinski definition) is 12. The third-order valence-corrected chi connectivity index (χ3v) is 10.1. The smallest absolute Gasteiger partial charge is 0.258 e. The predicted molar refractivity (Wildman–Crippen MR) is 245 cm³/mol. The molecule has 0 saturated heterocycles. The lowest BCUT2D eigenvalue weighted by Gasteiger charge is -2.16. The van der Waals surface area contributed by atoms with Crippen molar-refractivity contribution in [2.24, 2.45) is 0 Å². The molecule has 332 valence electrons. The van der Waals surface area contributed by atoms with Crippen molar-refractivity contribution in [1.29, 1.82) is 0 Å². The fourth-order valence-electron chi connectivity index (χ4n) is 7.11. The van der Waals surface area contributed by atoms with E-state index in [-0.39, 0.29) is 0 Å². The number of carbonyl (C=O) groups excluding carboxylic acids is 8. The summed E-state index contributed by atoms with van der Waals surface area (Å²) in [5.74, 6) is 0.336. The highest BCUT2D eigenvalue weighted by Crippen LogP contribution is 2.35. The number of benzene rings is 6. The zero-order chi connectivity index (χ0) is 47.3. The topological polar surface area (TPSA) is 186 Å². The number of ether oxygens (including phenoxy) is 4. The van der Waals surface area contributed by atoms with Crippen molar-refractivity contribution in [3.8, 4) is 46.0 Å². The van der Waals surface area contributed by atoms with Crippen LogP contribution in [0.15, 0.2) is 194 Å². The van der Waals surface area contributed by atoms with Gasteiger partial charge in [0.25, 0.3) is 47.3 Å². The van der Waals surface area contributed by atoms with Gasteiger partial charge in [0.1, 0.15) is 46.0 Å². The van der Waals surface area contributed by atoms with Crippen molar-refractivity contribution < 1.29 is 57.3 Å². The van der Waals surface area contributed by atoms with Crippen LogP contribution in [0, 0.1) is 0 Å². The third-order valence-electron chi connectivity index (χ3n) is 10.1. The van der Waals surface area contributed by atoms with E-state index in [0.717, 1.165) is 19.6 Å². The number of hydrogen-bond donors (Lipinski definition) is 0. The lowest BCUT2D eigenvalue weighted by Crippen LogP contribution is -2.29. The van der Waals surface area contributed by atoms with Gasteiger partial charge >= 0.3 is 0 Å². The van der Waals surface area contributed by atoms with Crippen LogP contribution >= 0.6 is 0 Å². The summed E-state index contributed by atoms with van der Waals surface area (Å²) in [5, 5.41) is 0. The zero-order valence-corrected chi connectivity index (χ0v) is 35.2. The third kappa shape index (κ3) is 9.45. The van der Waals surface area contributed by atoms with E-state index in [0.29, 0.717) is 68.7 Å². The molecule has 0 radical (unpaired) electrons. The molecule has 0 aliphatic carbocycles. The maximum Gasteiger partial charge on any atom is 0.258 e. The van der Waals surface area contributed by atoms with Gasteiger partial charge in [-0.15, -0.1) is 0 Å². The van der Waals surface area contributed by atoms with Crippen LogP contribution in [0.4, 0.5) is 22.7 Å².